The van der Waals surface area contributed by atoms with Crippen molar-refractivity contribution in [1.82, 2.24) is 5.32 Å². The van der Waals surface area contributed by atoms with E-state index >= 15 is 0 Å². The van der Waals surface area contributed by atoms with Crippen LogP contribution in [0.4, 0.5) is 0 Å². The van der Waals surface area contributed by atoms with Gasteiger partial charge in [0.2, 0.25) is 0 Å². The molecule has 0 aliphatic rings. The predicted molar refractivity (Wildman–Crippen MR) is 95.4 cm³/mol. The summed E-state index contributed by atoms with van der Waals surface area (Å²) >= 11 is 3.36. The second-order valence-corrected chi connectivity index (χ2v) is 6.56. The van der Waals surface area contributed by atoms with Gasteiger partial charge in [0, 0.05) is 4.47 Å². The molecule has 0 unspecified atom stereocenters. The van der Waals surface area contributed by atoms with Crippen LogP contribution in [0.5, 0.6) is 5.75 Å². The van der Waals surface area contributed by atoms with Crippen LogP contribution in [0.1, 0.15) is 24.4 Å². The molecule has 0 radical (unpaired) electrons. The van der Waals surface area contributed by atoms with Crippen LogP contribution in [-0.2, 0) is 9.53 Å². The Balaban J connectivity index is 1.80. The third kappa shape index (κ3) is 5.94. The maximum Gasteiger partial charge on any atom is 0.329 e. The molecule has 1 aromatic heterocycles. The molecule has 0 spiro atoms. The maximum atomic E-state index is 12.2. The summed E-state index contributed by atoms with van der Waals surface area (Å²) in [4.78, 5) is 24.3. The van der Waals surface area contributed by atoms with Crippen LogP contribution in [0.15, 0.2) is 51.6 Å². The smallest absolute Gasteiger partial charge is 0.329 e. The molecule has 134 valence electrons. The van der Waals surface area contributed by atoms with E-state index in [9.17, 15) is 9.59 Å². The Kier molecular flexibility index (Phi) is 7.06. The van der Waals surface area contributed by atoms with Crippen molar-refractivity contribution in [1.29, 1.82) is 0 Å². The normalized spacial score (nSPS) is 11.8. The lowest BCUT2D eigenvalue weighted by atomic mass is 10.0. The van der Waals surface area contributed by atoms with Crippen LogP contribution in [0, 0.1) is 5.92 Å². The van der Waals surface area contributed by atoms with Crippen LogP contribution in [0.2, 0.25) is 0 Å². The molecule has 0 aliphatic carbocycles. The molecule has 0 aliphatic heterocycles. The number of hydrogen-bond acceptors (Lipinski definition) is 5. The Bertz CT molecular complexity index is 699. The molecule has 0 fully saturated rings. The first-order valence-corrected chi connectivity index (χ1v) is 8.66. The van der Waals surface area contributed by atoms with Gasteiger partial charge in [-0.1, -0.05) is 35.8 Å². The molecular weight excluding hydrogens is 390 g/mol. The minimum Gasteiger partial charge on any atom is -0.490 e. The van der Waals surface area contributed by atoms with E-state index in [1.807, 2.05) is 38.1 Å². The van der Waals surface area contributed by atoms with Crippen molar-refractivity contribution in [2.75, 3.05) is 13.2 Å². The van der Waals surface area contributed by atoms with E-state index in [-0.39, 0.29) is 24.9 Å². The van der Waals surface area contributed by atoms with Crippen molar-refractivity contribution in [2.45, 2.75) is 19.9 Å². The van der Waals surface area contributed by atoms with Gasteiger partial charge in [0.15, 0.2) is 5.76 Å². The second-order valence-electron chi connectivity index (χ2n) is 5.65. The number of ether oxygens (including phenoxy) is 2. The summed E-state index contributed by atoms with van der Waals surface area (Å²) in [6, 6.07) is 9.76. The van der Waals surface area contributed by atoms with Crippen molar-refractivity contribution in [3.8, 4) is 5.75 Å². The zero-order chi connectivity index (χ0) is 18.2. The average molecular weight is 410 g/mol. The van der Waals surface area contributed by atoms with Crippen molar-refractivity contribution in [2.24, 2.45) is 5.92 Å². The first kappa shape index (κ1) is 19.1. The molecule has 25 heavy (non-hydrogen) atoms. The van der Waals surface area contributed by atoms with E-state index in [4.69, 9.17) is 13.9 Å². The number of hydrogen-bond donors (Lipinski definition) is 1. The highest BCUT2D eigenvalue weighted by Crippen LogP contribution is 2.17. The van der Waals surface area contributed by atoms with Crippen molar-refractivity contribution < 1.29 is 23.5 Å². The molecule has 2 rings (SSSR count). The Morgan fingerprint density at radius 2 is 2.00 bits per heavy atom. The van der Waals surface area contributed by atoms with Gasteiger partial charge in [-0.05, 0) is 36.2 Å². The van der Waals surface area contributed by atoms with Gasteiger partial charge >= 0.3 is 5.97 Å². The lowest BCUT2D eigenvalue weighted by Gasteiger charge is -2.20. The summed E-state index contributed by atoms with van der Waals surface area (Å²) in [5, 5.41) is 2.63. The first-order chi connectivity index (χ1) is 12.0. The number of benzene rings is 1. The van der Waals surface area contributed by atoms with Crippen LogP contribution in [-0.4, -0.2) is 31.1 Å². The lowest BCUT2D eigenvalue weighted by Crippen LogP contribution is -2.45. The number of rotatable bonds is 8. The molecule has 1 amide bonds. The Morgan fingerprint density at radius 1 is 1.20 bits per heavy atom. The molecule has 1 N–H and O–H groups in total. The topological polar surface area (TPSA) is 77.8 Å². The van der Waals surface area contributed by atoms with Gasteiger partial charge in [-0.25, -0.2) is 4.79 Å². The van der Waals surface area contributed by atoms with Gasteiger partial charge in [0.25, 0.3) is 5.91 Å². The molecule has 0 saturated heterocycles. The maximum absolute atomic E-state index is 12.2. The third-order valence-electron chi connectivity index (χ3n) is 3.34. The van der Waals surface area contributed by atoms with Crippen LogP contribution < -0.4 is 10.1 Å². The number of furan rings is 1. The van der Waals surface area contributed by atoms with Crippen molar-refractivity contribution in [3.05, 3.63) is 52.9 Å². The highest BCUT2D eigenvalue weighted by molar-refractivity contribution is 9.10. The number of halogens is 1. The van der Waals surface area contributed by atoms with Crippen LogP contribution >= 0.6 is 15.9 Å². The average Bonchev–Trinajstić information content (AvgIpc) is 3.10. The molecular formula is C18H20BrNO5. The summed E-state index contributed by atoms with van der Waals surface area (Å²) in [5.41, 5.74) is 0. The fourth-order valence-corrected chi connectivity index (χ4v) is 2.44. The number of carbonyl (C=O) groups is 2. The summed E-state index contributed by atoms with van der Waals surface area (Å²) in [5.74, 6) is -0.260. The zero-order valence-electron chi connectivity index (χ0n) is 14.0. The minimum absolute atomic E-state index is 0.0885. The highest BCUT2D eigenvalue weighted by atomic mass is 79.9. The largest absolute Gasteiger partial charge is 0.490 e. The number of nitrogens with one attached hydrogen (secondary N) is 1. The summed E-state index contributed by atoms with van der Waals surface area (Å²) in [7, 11) is 0. The van der Waals surface area contributed by atoms with E-state index in [1.165, 1.54) is 12.3 Å². The lowest BCUT2D eigenvalue weighted by molar-refractivity contribution is -0.147. The van der Waals surface area contributed by atoms with Crippen molar-refractivity contribution in [3.63, 3.8) is 0 Å². The van der Waals surface area contributed by atoms with Gasteiger partial charge in [-0.15, -0.1) is 0 Å². The fraction of sp³-hybridized carbons (Fsp3) is 0.333. The molecule has 1 heterocycles. The van der Waals surface area contributed by atoms with Crippen LogP contribution in [0.25, 0.3) is 0 Å². The second kappa shape index (κ2) is 9.27. The monoisotopic (exact) mass is 409 g/mol. The summed E-state index contributed by atoms with van der Waals surface area (Å²) < 4.78 is 16.7. The van der Waals surface area contributed by atoms with Gasteiger partial charge in [0.05, 0.1) is 6.26 Å². The minimum atomic E-state index is -0.761. The number of esters is 1. The molecule has 7 heteroatoms. The Hall–Kier alpha value is -2.28. The summed E-state index contributed by atoms with van der Waals surface area (Å²) in [6.45, 7) is 3.96. The Labute approximate surface area is 154 Å². The molecule has 1 atom stereocenters. The van der Waals surface area contributed by atoms with Gasteiger partial charge < -0.3 is 19.2 Å². The molecule has 1 aromatic carbocycles. The van der Waals surface area contributed by atoms with Gasteiger partial charge in [-0.2, -0.15) is 0 Å². The van der Waals surface area contributed by atoms with Crippen molar-refractivity contribution >= 4 is 27.8 Å². The Morgan fingerprint density at radius 3 is 2.64 bits per heavy atom. The third-order valence-corrected chi connectivity index (χ3v) is 3.84. The molecule has 2 aromatic rings. The van der Waals surface area contributed by atoms with Crippen LogP contribution in [0.3, 0.4) is 0 Å². The molecule has 0 saturated carbocycles. The highest BCUT2D eigenvalue weighted by Gasteiger charge is 2.26. The predicted octanol–water partition coefficient (Wildman–Crippen LogP) is 3.42. The van der Waals surface area contributed by atoms with E-state index < -0.39 is 17.9 Å². The van der Waals surface area contributed by atoms with E-state index in [2.05, 4.69) is 21.2 Å². The van der Waals surface area contributed by atoms with E-state index in [0.717, 1.165) is 4.47 Å². The molecule has 6 nitrogen and oxygen atoms in total. The summed E-state index contributed by atoms with van der Waals surface area (Å²) in [6.07, 6.45) is 1.40. The quantitative estimate of drug-likeness (QED) is 0.533. The van der Waals surface area contributed by atoms with Gasteiger partial charge in [0.1, 0.15) is 25.0 Å². The number of amides is 1. The SMILES string of the molecule is CC(C)[C@H](NC(=O)c1ccco1)C(=O)OCCOc1cccc(Br)c1. The number of carbonyl (C=O) groups excluding carboxylic acids is 2. The zero-order valence-corrected chi connectivity index (χ0v) is 15.6. The molecule has 0 bridgehead atoms. The first-order valence-electron chi connectivity index (χ1n) is 7.86. The van der Waals surface area contributed by atoms with Gasteiger partial charge in [-0.3, -0.25) is 4.79 Å². The fourth-order valence-electron chi connectivity index (χ4n) is 2.07. The van der Waals surface area contributed by atoms with E-state index in [1.54, 1.807) is 6.07 Å². The van der Waals surface area contributed by atoms with E-state index in [0.29, 0.717) is 5.75 Å². The standard InChI is InChI=1S/C18H20BrNO5/c1-12(2)16(20-17(21)15-7-4-8-24-15)18(22)25-10-9-23-14-6-3-5-13(19)11-14/h3-8,11-12,16H,9-10H2,1-2H3,(H,20,21)/t16-/m0/s1.